The molecule has 0 aliphatic carbocycles. The van der Waals surface area contributed by atoms with Crippen molar-refractivity contribution in [2.24, 2.45) is 0 Å². The van der Waals surface area contributed by atoms with E-state index in [9.17, 15) is 4.79 Å². The lowest BCUT2D eigenvalue weighted by Crippen LogP contribution is -1.97. The molecule has 1 N–H and O–H groups in total. The van der Waals surface area contributed by atoms with Crippen LogP contribution >= 0.6 is 0 Å². The van der Waals surface area contributed by atoms with Gasteiger partial charge in [-0.2, -0.15) is 0 Å². The third kappa shape index (κ3) is 3.21. The molecule has 17 heavy (non-hydrogen) atoms. The van der Waals surface area contributed by atoms with Gasteiger partial charge in [0.1, 0.15) is 5.75 Å². The molecule has 1 aromatic carbocycles. The van der Waals surface area contributed by atoms with E-state index in [0.29, 0.717) is 23.7 Å². The van der Waals surface area contributed by atoms with Crippen LogP contribution in [0.3, 0.4) is 0 Å². The molecule has 1 aromatic heterocycles. The highest BCUT2D eigenvalue weighted by atomic mass is 16.5. The van der Waals surface area contributed by atoms with E-state index in [-0.39, 0.29) is 0 Å². The first-order chi connectivity index (χ1) is 8.31. The zero-order valence-corrected chi connectivity index (χ0v) is 10.2. The van der Waals surface area contributed by atoms with E-state index in [1.807, 2.05) is 39.0 Å². The number of aromatic amines is 1. The van der Waals surface area contributed by atoms with Gasteiger partial charge < -0.3 is 4.74 Å². The summed E-state index contributed by atoms with van der Waals surface area (Å²) in [4.78, 5) is 13.3. The smallest absolute Gasteiger partial charge is 0.439 e. The molecule has 0 saturated carbocycles. The molecule has 0 spiro atoms. The van der Waals surface area contributed by atoms with E-state index in [1.54, 1.807) is 6.07 Å². The average Bonchev–Trinajstić information content (AvgIpc) is 2.79. The molecule has 5 heteroatoms. The van der Waals surface area contributed by atoms with Crippen LogP contribution in [-0.4, -0.2) is 16.7 Å². The van der Waals surface area contributed by atoms with E-state index in [4.69, 9.17) is 4.74 Å². The number of H-pyrrole nitrogens is 1. The van der Waals surface area contributed by atoms with Crippen LogP contribution in [0.15, 0.2) is 33.6 Å². The van der Waals surface area contributed by atoms with Gasteiger partial charge >= 0.3 is 5.76 Å². The van der Waals surface area contributed by atoms with Crippen LogP contribution in [0, 0.1) is 0 Å². The van der Waals surface area contributed by atoms with Crippen molar-refractivity contribution in [1.29, 1.82) is 0 Å². The molecule has 92 valence electrons. The van der Waals surface area contributed by atoms with E-state index >= 15 is 0 Å². The van der Waals surface area contributed by atoms with Gasteiger partial charge in [-0.3, -0.25) is 9.51 Å². The van der Waals surface area contributed by atoms with E-state index in [1.165, 1.54) is 0 Å². The Morgan fingerprint density at radius 3 is 2.65 bits per heavy atom. The Morgan fingerprint density at radius 1 is 1.35 bits per heavy atom. The van der Waals surface area contributed by atoms with Crippen molar-refractivity contribution >= 4 is 0 Å². The number of para-hydroxylation sites is 1. The number of rotatable bonds is 3. The second kappa shape index (κ2) is 6.52. The largest absolute Gasteiger partial charge is 0.493 e. The molecule has 0 aliphatic rings. The van der Waals surface area contributed by atoms with Gasteiger partial charge in [0.2, 0.25) is 0 Å². The second-order valence-corrected chi connectivity index (χ2v) is 2.87. The van der Waals surface area contributed by atoms with Crippen LogP contribution in [0.25, 0.3) is 11.4 Å². The molecule has 0 atom stereocenters. The van der Waals surface area contributed by atoms with Crippen molar-refractivity contribution in [2.45, 2.75) is 20.8 Å². The Kier molecular flexibility index (Phi) is 5.00. The summed E-state index contributed by atoms with van der Waals surface area (Å²) in [6.07, 6.45) is 0. The van der Waals surface area contributed by atoms with Crippen LogP contribution in [0.2, 0.25) is 0 Å². The first-order valence-corrected chi connectivity index (χ1v) is 5.59. The van der Waals surface area contributed by atoms with Gasteiger partial charge in [-0.15, -0.1) is 0 Å². The minimum absolute atomic E-state index is 0.379. The highest BCUT2D eigenvalue weighted by molar-refractivity contribution is 5.63. The molecule has 0 saturated heterocycles. The summed E-state index contributed by atoms with van der Waals surface area (Å²) >= 11 is 0. The number of nitrogens with one attached hydrogen (secondary N) is 1. The number of aromatic nitrogens is 2. The van der Waals surface area contributed by atoms with Crippen molar-refractivity contribution < 1.29 is 9.26 Å². The molecule has 0 aliphatic heterocycles. The predicted molar refractivity (Wildman–Crippen MR) is 65.1 cm³/mol. The number of hydrogen-bond donors (Lipinski definition) is 1. The highest BCUT2D eigenvalue weighted by Crippen LogP contribution is 2.26. The van der Waals surface area contributed by atoms with Crippen LogP contribution < -0.4 is 10.5 Å². The second-order valence-electron chi connectivity index (χ2n) is 2.87. The van der Waals surface area contributed by atoms with Crippen molar-refractivity contribution in [2.75, 3.05) is 6.61 Å². The lowest BCUT2D eigenvalue weighted by atomic mass is 10.2. The number of hydrogen-bond acceptors (Lipinski definition) is 4. The van der Waals surface area contributed by atoms with Crippen LogP contribution in [-0.2, 0) is 0 Å². The van der Waals surface area contributed by atoms with Crippen LogP contribution in [0.4, 0.5) is 0 Å². The Morgan fingerprint density at radius 2 is 2.06 bits per heavy atom. The molecule has 0 fully saturated rings. The van der Waals surface area contributed by atoms with Crippen molar-refractivity contribution in [3.05, 3.63) is 34.8 Å². The molecule has 0 amide bonds. The molecular weight excluding hydrogens is 220 g/mol. The minimum atomic E-state index is -0.573. The fourth-order valence-electron chi connectivity index (χ4n) is 1.29. The standard InChI is InChI=1S/C10H10N2O3.C2H6/c1-2-14-8-6-4-3-5-7(8)9-11-10(13)15-12-9;1-2/h3-6H,2H2,1H3,(H,11,12,13);1-2H3. The predicted octanol–water partition coefficient (Wildman–Crippen LogP) is 2.45. The Labute approximate surface area is 99.4 Å². The third-order valence-electron chi connectivity index (χ3n) is 1.88. The summed E-state index contributed by atoms with van der Waals surface area (Å²) in [6.45, 7) is 6.45. The molecule has 0 unspecified atom stereocenters. The molecule has 2 aromatic rings. The third-order valence-corrected chi connectivity index (χ3v) is 1.88. The SMILES string of the molecule is CC.CCOc1ccccc1-c1noc(=O)[nH]1. The first kappa shape index (κ1) is 13.0. The Balaban J connectivity index is 0.000000686. The van der Waals surface area contributed by atoms with Crippen LogP contribution in [0.1, 0.15) is 20.8 Å². The summed E-state index contributed by atoms with van der Waals surface area (Å²) < 4.78 is 9.83. The fraction of sp³-hybridized carbons (Fsp3) is 0.333. The number of nitrogens with zero attached hydrogens (tertiary/aromatic N) is 1. The average molecular weight is 236 g/mol. The van der Waals surface area contributed by atoms with Crippen molar-refractivity contribution in [3.63, 3.8) is 0 Å². The van der Waals surface area contributed by atoms with Gasteiger partial charge in [0.05, 0.1) is 12.2 Å². The maximum absolute atomic E-state index is 10.8. The maximum atomic E-state index is 10.8. The molecule has 2 rings (SSSR count). The first-order valence-electron chi connectivity index (χ1n) is 5.59. The summed E-state index contributed by atoms with van der Waals surface area (Å²) in [7, 11) is 0. The zero-order valence-electron chi connectivity index (χ0n) is 10.2. The summed E-state index contributed by atoms with van der Waals surface area (Å²) in [5, 5.41) is 3.61. The quantitative estimate of drug-likeness (QED) is 0.888. The van der Waals surface area contributed by atoms with Gasteiger partial charge in [0.25, 0.3) is 0 Å². The lowest BCUT2D eigenvalue weighted by Gasteiger charge is -2.06. The summed E-state index contributed by atoms with van der Waals surface area (Å²) in [5.74, 6) is 0.477. The van der Waals surface area contributed by atoms with E-state index in [0.717, 1.165) is 0 Å². The van der Waals surface area contributed by atoms with Gasteiger partial charge in [-0.1, -0.05) is 31.1 Å². The number of ether oxygens (including phenoxy) is 1. The fourth-order valence-corrected chi connectivity index (χ4v) is 1.29. The van der Waals surface area contributed by atoms with Gasteiger partial charge in [-0.05, 0) is 19.1 Å². The highest BCUT2D eigenvalue weighted by Gasteiger charge is 2.09. The number of benzene rings is 1. The summed E-state index contributed by atoms with van der Waals surface area (Å²) in [5.41, 5.74) is 0.713. The molecule has 0 radical (unpaired) electrons. The van der Waals surface area contributed by atoms with Gasteiger partial charge in [0.15, 0.2) is 5.82 Å². The minimum Gasteiger partial charge on any atom is -0.493 e. The van der Waals surface area contributed by atoms with E-state index in [2.05, 4.69) is 14.7 Å². The van der Waals surface area contributed by atoms with Crippen LogP contribution in [0.5, 0.6) is 5.75 Å². The molecule has 5 nitrogen and oxygen atoms in total. The molecular formula is C12H16N2O3. The Hall–Kier alpha value is -2.04. The Bertz CT molecular complexity index is 502. The normalized spacial score (nSPS) is 9.35. The van der Waals surface area contributed by atoms with Gasteiger partial charge in [0, 0.05) is 0 Å². The summed E-state index contributed by atoms with van der Waals surface area (Å²) in [6, 6.07) is 7.31. The maximum Gasteiger partial charge on any atom is 0.439 e. The van der Waals surface area contributed by atoms with Crippen molar-refractivity contribution in [1.82, 2.24) is 10.1 Å². The monoisotopic (exact) mass is 236 g/mol. The van der Waals surface area contributed by atoms with Gasteiger partial charge in [-0.25, -0.2) is 4.79 Å². The lowest BCUT2D eigenvalue weighted by molar-refractivity contribution is 0.341. The topological polar surface area (TPSA) is 68.1 Å². The molecule has 1 heterocycles. The van der Waals surface area contributed by atoms with E-state index < -0.39 is 5.76 Å². The molecule has 0 bridgehead atoms. The van der Waals surface area contributed by atoms with Crippen molar-refractivity contribution in [3.8, 4) is 17.1 Å². The zero-order chi connectivity index (χ0) is 12.7.